The third-order valence-electron chi connectivity index (χ3n) is 3.04. The summed E-state index contributed by atoms with van der Waals surface area (Å²) in [5.74, 6) is 0.156. The topological polar surface area (TPSA) is 59.1 Å². The van der Waals surface area contributed by atoms with Gasteiger partial charge >= 0.3 is 0 Å². The molecule has 5 heteroatoms. The minimum atomic E-state index is -3.26. The minimum absolute atomic E-state index is 0.0797. The van der Waals surface area contributed by atoms with Crippen molar-refractivity contribution >= 4 is 9.84 Å². The highest BCUT2D eigenvalue weighted by Gasteiger charge is 2.23. The SMILES string of the molecule is Cc1ccnc(S(=O)(=O)CC2CCCCN2)c1. The van der Waals surface area contributed by atoms with Crippen molar-refractivity contribution in [1.82, 2.24) is 10.3 Å². The van der Waals surface area contributed by atoms with Gasteiger partial charge in [-0.15, -0.1) is 0 Å². The van der Waals surface area contributed by atoms with Gasteiger partial charge < -0.3 is 5.32 Å². The van der Waals surface area contributed by atoms with Gasteiger partial charge in [0.2, 0.25) is 0 Å². The van der Waals surface area contributed by atoms with Crippen LogP contribution in [0.15, 0.2) is 23.4 Å². The third kappa shape index (κ3) is 3.26. The van der Waals surface area contributed by atoms with Crippen molar-refractivity contribution in [1.29, 1.82) is 0 Å². The maximum atomic E-state index is 12.2. The van der Waals surface area contributed by atoms with E-state index in [0.717, 1.165) is 31.4 Å². The van der Waals surface area contributed by atoms with Crippen molar-refractivity contribution in [2.75, 3.05) is 12.3 Å². The maximum Gasteiger partial charge on any atom is 0.197 e. The molecule has 2 heterocycles. The van der Waals surface area contributed by atoms with Crippen molar-refractivity contribution in [2.45, 2.75) is 37.3 Å². The molecule has 0 bridgehead atoms. The van der Waals surface area contributed by atoms with E-state index in [1.807, 2.05) is 6.92 Å². The second kappa shape index (κ2) is 5.14. The average molecular weight is 254 g/mol. The van der Waals surface area contributed by atoms with Gasteiger partial charge in [-0.2, -0.15) is 0 Å². The second-order valence-electron chi connectivity index (χ2n) is 4.60. The number of aryl methyl sites for hydroxylation is 1. The van der Waals surface area contributed by atoms with E-state index in [-0.39, 0.29) is 16.8 Å². The van der Waals surface area contributed by atoms with Crippen LogP contribution in [0.25, 0.3) is 0 Å². The van der Waals surface area contributed by atoms with Crippen LogP contribution in [0, 0.1) is 6.92 Å². The Morgan fingerprint density at radius 3 is 2.94 bits per heavy atom. The molecule has 0 radical (unpaired) electrons. The Bertz CT molecular complexity index is 479. The van der Waals surface area contributed by atoms with Gasteiger partial charge in [0.05, 0.1) is 5.75 Å². The van der Waals surface area contributed by atoms with Crippen molar-refractivity contribution in [3.8, 4) is 0 Å². The van der Waals surface area contributed by atoms with Crippen LogP contribution < -0.4 is 5.32 Å². The molecule has 2 rings (SSSR count). The van der Waals surface area contributed by atoms with Gasteiger partial charge in [0.25, 0.3) is 0 Å². The molecule has 1 saturated heterocycles. The Morgan fingerprint density at radius 2 is 2.29 bits per heavy atom. The third-order valence-corrected chi connectivity index (χ3v) is 4.74. The fourth-order valence-corrected chi connectivity index (χ4v) is 3.67. The first kappa shape index (κ1) is 12.5. The molecule has 1 aliphatic rings. The Balaban J connectivity index is 2.13. The lowest BCUT2D eigenvalue weighted by Gasteiger charge is -2.22. The lowest BCUT2D eigenvalue weighted by Crippen LogP contribution is -2.39. The molecule has 1 atom stereocenters. The van der Waals surface area contributed by atoms with Gasteiger partial charge in [-0.05, 0) is 44.0 Å². The first-order valence-electron chi connectivity index (χ1n) is 5.97. The summed E-state index contributed by atoms with van der Waals surface area (Å²) >= 11 is 0. The molecule has 4 nitrogen and oxygen atoms in total. The molecule has 94 valence electrons. The Morgan fingerprint density at radius 1 is 1.47 bits per heavy atom. The lowest BCUT2D eigenvalue weighted by atomic mass is 10.1. The van der Waals surface area contributed by atoms with Gasteiger partial charge in [0, 0.05) is 12.2 Å². The number of nitrogens with one attached hydrogen (secondary N) is 1. The number of pyridine rings is 1. The first-order chi connectivity index (χ1) is 8.08. The average Bonchev–Trinajstić information content (AvgIpc) is 2.30. The van der Waals surface area contributed by atoms with Crippen LogP contribution in [0.2, 0.25) is 0 Å². The summed E-state index contributed by atoms with van der Waals surface area (Å²) in [5, 5.41) is 3.45. The molecule has 0 amide bonds. The molecule has 0 saturated carbocycles. The van der Waals surface area contributed by atoms with E-state index < -0.39 is 9.84 Å². The van der Waals surface area contributed by atoms with Crippen LogP contribution in [-0.2, 0) is 9.84 Å². The Labute approximate surface area is 102 Å². The highest BCUT2D eigenvalue weighted by atomic mass is 32.2. The summed E-state index contributed by atoms with van der Waals surface area (Å²) in [6.07, 6.45) is 4.73. The maximum absolute atomic E-state index is 12.2. The van der Waals surface area contributed by atoms with E-state index in [4.69, 9.17) is 0 Å². The quantitative estimate of drug-likeness (QED) is 0.883. The Kier molecular flexibility index (Phi) is 3.79. The smallest absolute Gasteiger partial charge is 0.197 e. The summed E-state index contributed by atoms with van der Waals surface area (Å²) in [5.41, 5.74) is 0.926. The predicted molar refractivity (Wildman–Crippen MR) is 66.7 cm³/mol. The van der Waals surface area contributed by atoms with Gasteiger partial charge in [-0.25, -0.2) is 13.4 Å². The number of sulfone groups is 1. The fraction of sp³-hybridized carbons (Fsp3) is 0.583. The lowest BCUT2D eigenvalue weighted by molar-refractivity contribution is 0.423. The number of hydrogen-bond acceptors (Lipinski definition) is 4. The standard InChI is InChI=1S/C12H18N2O2S/c1-10-5-7-14-12(8-10)17(15,16)9-11-4-2-3-6-13-11/h5,7-8,11,13H,2-4,6,9H2,1H3. The first-order valence-corrected chi connectivity index (χ1v) is 7.62. The van der Waals surface area contributed by atoms with E-state index >= 15 is 0 Å². The molecule has 1 fully saturated rings. The van der Waals surface area contributed by atoms with Crippen LogP contribution in [-0.4, -0.2) is 31.7 Å². The van der Waals surface area contributed by atoms with Crippen molar-refractivity contribution < 1.29 is 8.42 Å². The number of nitrogens with zero attached hydrogens (tertiary/aromatic N) is 1. The van der Waals surface area contributed by atoms with E-state index in [2.05, 4.69) is 10.3 Å². The highest BCUT2D eigenvalue weighted by Crippen LogP contribution is 2.15. The molecule has 0 aliphatic carbocycles. The molecule has 0 aromatic carbocycles. The number of hydrogen-bond donors (Lipinski definition) is 1. The van der Waals surface area contributed by atoms with Crippen LogP contribution in [0.4, 0.5) is 0 Å². The van der Waals surface area contributed by atoms with Gasteiger partial charge in [-0.1, -0.05) is 6.42 Å². The zero-order valence-corrected chi connectivity index (χ0v) is 10.8. The largest absolute Gasteiger partial charge is 0.313 e. The molecule has 17 heavy (non-hydrogen) atoms. The minimum Gasteiger partial charge on any atom is -0.313 e. The molecular formula is C12H18N2O2S. The van der Waals surface area contributed by atoms with Crippen molar-refractivity contribution in [2.24, 2.45) is 0 Å². The van der Waals surface area contributed by atoms with Crippen molar-refractivity contribution in [3.63, 3.8) is 0 Å². The number of piperidine rings is 1. The van der Waals surface area contributed by atoms with Crippen LogP contribution in [0.3, 0.4) is 0 Å². The number of rotatable bonds is 3. The van der Waals surface area contributed by atoms with Crippen molar-refractivity contribution in [3.05, 3.63) is 23.9 Å². The summed E-state index contributed by atoms with van der Waals surface area (Å²) in [6.45, 7) is 2.79. The summed E-state index contributed by atoms with van der Waals surface area (Å²) in [4.78, 5) is 3.96. The fourth-order valence-electron chi connectivity index (χ4n) is 2.10. The van der Waals surface area contributed by atoms with E-state index in [9.17, 15) is 8.42 Å². The predicted octanol–water partition coefficient (Wildman–Crippen LogP) is 1.31. The Hall–Kier alpha value is -0.940. The summed E-state index contributed by atoms with van der Waals surface area (Å²) in [7, 11) is -3.26. The van der Waals surface area contributed by atoms with E-state index in [1.54, 1.807) is 18.3 Å². The van der Waals surface area contributed by atoms with Crippen LogP contribution in [0.1, 0.15) is 24.8 Å². The summed E-state index contributed by atoms with van der Waals surface area (Å²) in [6, 6.07) is 3.52. The normalized spacial score (nSPS) is 21.4. The van der Waals surface area contributed by atoms with E-state index in [0.29, 0.717) is 0 Å². The molecular weight excluding hydrogens is 236 g/mol. The van der Waals surface area contributed by atoms with Crippen LogP contribution >= 0.6 is 0 Å². The number of aromatic nitrogens is 1. The zero-order valence-electron chi connectivity index (χ0n) is 10.0. The molecule has 1 unspecified atom stereocenters. The monoisotopic (exact) mass is 254 g/mol. The molecule has 1 aliphatic heterocycles. The highest BCUT2D eigenvalue weighted by molar-refractivity contribution is 7.91. The molecule has 1 N–H and O–H groups in total. The van der Waals surface area contributed by atoms with Gasteiger partial charge in [0.1, 0.15) is 0 Å². The van der Waals surface area contributed by atoms with Crippen LogP contribution in [0.5, 0.6) is 0 Å². The molecule has 1 aromatic rings. The second-order valence-corrected chi connectivity index (χ2v) is 6.58. The zero-order chi connectivity index (χ0) is 12.3. The molecule has 0 spiro atoms. The molecule has 1 aromatic heterocycles. The van der Waals surface area contributed by atoms with Gasteiger partial charge in [0.15, 0.2) is 14.9 Å². The van der Waals surface area contributed by atoms with Gasteiger partial charge in [-0.3, -0.25) is 0 Å². The van der Waals surface area contributed by atoms with E-state index in [1.165, 1.54) is 0 Å². The summed E-state index contributed by atoms with van der Waals surface area (Å²) < 4.78 is 24.3.